The molecule has 0 bridgehead atoms. The van der Waals surface area contributed by atoms with Gasteiger partial charge in [-0.15, -0.1) is 0 Å². The number of benzene rings is 3. The zero-order chi connectivity index (χ0) is 33.3. The molecule has 0 saturated carbocycles. The number of aryl methyl sites for hydroxylation is 1. The van der Waals surface area contributed by atoms with E-state index in [0.717, 1.165) is 59.7 Å². The first-order valence-corrected chi connectivity index (χ1v) is 17.6. The van der Waals surface area contributed by atoms with Crippen LogP contribution in [0.1, 0.15) is 50.4 Å². The second-order valence-electron chi connectivity index (χ2n) is 13.6. The summed E-state index contributed by atoms with van der Waals surface area (Å²) in [4.78, 5) is 15.7. The molecule has 11 heteroatoms. The summed E-state index contributed by atoms with van der Waals surface area (Å²) in [5.74, 6) is 1.47. The van der Waals surface area contributed by atoms with Crippen molar-refractivity contribution in [3.05, 3.63) is 89.6 Å². The number of carbonyl (C=O) groups is 1. The maximum atomic E-state index is 13.5. The third-order valence-electron chi connectivity index (χ3n) is 9.01. The maximum absolute atomic E-state index is 13.5. The number of rotatable bonds is 7. The molecule has 1 aromatic heterocycles. The van der Waals surface area contributed by atoms with Crippen LogP contribution in [0.15, 0.2) is 77.7 Å². The largest absolute Gasteiger partial charge is 0.490 e. The maximum Gasteiger partial charge on any atom is 0.324 e. The van der Waals surface area contributed by atoms with Crippen molar-refractivity contribution in [3.63, 3.8) is 0 Å². The van der Waals surface area contributed by atoms with Crippen LogP contribution in [0.2, 0.25) is 0 Å². The molecular weight excluding hydrogens is 613 g/mol. The van der Waals surface area contributed by atoms with E-state index in [-0.39, 0.29) is 22.3 Å². The summed E-state index contributed by atoms with van der Waals surface area (Å²) in [6, 6.07) is 22.5. The van der Waals surface area contributed by atoms with E-state index in [4.69, 9.17) is 9.84 Å². The van der Waals surface area contributed by atoms with Crippen LogP contribution in [0.3, 0.4) is 0 Å². The fraction of sp³-hybridized carbons (Fsp3) is 0.389. The molecule has 1 saturated heterocycles. The smallest absolute Gasteiger partial charge is 0.324 e. The predicted octanol–water partition coefficient (Wildman–Crippen LogP) is 6.59. The monoisotopic (exact) mass is 656 g/mol. The quantitative estimate of drug-likeness (QED) is 0.232. The molecule has 0 unspecified atom stereocenters. The van der Waals surface area contributed by atoms with Crippen molar-refractivity contribution >= 4 is 33.2 Å². The van der Waals surface area contributed by atoms with Gasteiger partial charge in [0.2, 0.25) is 10.0 Å². The van der Waals surface area contributed by atoms with Crippen molar-refractivity contribution in [2.75, 3.05) is 48.8 Å². The Morgan fingerprint density at radius 2 is 1.68 bits per heavy atom. The van der Waals surface area contributed by atoms with Crippen LogP contribution in [0.5, 0.6) is 5.75 Å². The second kappa shape index (κ2) is 13.0. The summed E-state index contributed by atoms with van der Waals surface area (Å²) in [7, 11) is -1.66. The second-order valence-corrected chi connectivity index (χ2v) is 15.5. The number of carbonyl (C=O) groups excluding carboxylic acids is 1. The van der Waals surface area contributed by atoms with E-state index in [0.29, 0.717) is 31.3 Å². The molecule has 2 aliphatic heterocycles. The number of hydrogen-bond donors (Lipinski definition) is 2. The van der Waals surface area contributed by atoms with E-state index >= 15 is 0 Å². The Bertz CT molecular complexity index is 1850. The molecule has 248 valence electrons. The summed E-state index contributed by atoms with van der Waals surface area (Å²) in [6.07, 6.45) is 2.20. The number of likely N-dealkylation sites (N-methyl/N-ethyl adjacent to an activating group) is 1. The Hall–Kier alpha value is -4.35. The number of urea groups is 1. The van der Waals surface area contributed by atoms with Gasteiger partial charge in [-0.1, -0.05) is 56.7 Å². The van der Waals surface area contributed by atoms with Gasteiger partial charge in [0.15, 0.2) is 0 Å². The van der Waals surface area contributed by atoms with E-state index in [2.05, 4.69) is 36.3 Å². The van der Waals surface area contributed by atoms with Crippen molar-refractivity contribution in [3.8, 4) is 11.4 Å². The van der Waals surface area contributed by atoms with Crippen LogP contribution in [-0.2, 0) is 21.9 Å². The van der Waals surface area contributed by atoms with Crippen LogP contribution in [0.25, 0.3) is 5.69 Å². The van der Waals surface area contributed by atoms with Crippen molar-refractivity contribution < 1.29 is 17.9 Å². The van der Waals surface area contributed by atoms with Crippen LogP contribution in [0, 0.1) is 12.8 Å². The van der Waals surface area contributed by atoms with Crippen molar-refractivity contribution in [2.45, 2.75) is 57.3 Å². The number of ether oxygens (including phenoxy) is 1. The Balaban J connectivity index is 1.11. The SMILES string of the molecule is Cc1ccc(-n2nc(C(C)(C)C)cc2NC(=O)Nc2ccccc2CC2CCN(S(=O)(=O)c3ccc4c(c3)OCCN4C)CC2)cc1. The Morgan fingerprint density at radius 3 is 2.40 bits per heavy atom. The predicted molar refractivity (Wildman–Crippen MR) is 186 cm³/mol. The number of para-hydroxylation sites is 1. The molecule has 0 aliphatic carbocycles. The normalized spacial score (nSPS) is 16.0. The number of nitrogens with zero attached hydrogens (tertiary/aromatic N) is 4. The first-order valence-electron chi connectivity index (χ1n) is 16.2. The summed E-state index contributed by atoms with van der Waals surface area (Å²) >= 11 is 0. The minimum absolute atomic E-state index is 0.198. The van der Waals surface area contributed by atoms with Crippen molar-refractivity contribution in [1.82, 2.24) is 14.1 Å². The number of fused-ring (bicyclic) bond motifs is 1. The number of nitrogens with one attached hydrogen (secondary N) is 2. The van der Waals surface area contributed by atoms with Gasteiger partial charge in [-0.25, -0.2) is 17.9 Å². The summed E-state index contributed by atoms with van der Waals surface area (Å²) in [5.41, 5.74) is 5.33. The standard InChI is InChI=1S/C36H44N6O4S/c1-25-10-12-28(13-11-25)42-34(24-33(39-42)36(2,3)4)38-35(43)37-30-9-7-6-8-27(30)22-26-16-18-41(19-17-26)47(44,45)29-14-15-31-32(23-29)46-21-20-40(31)5/h6-15,23-24,26H,16-22H2,1-5H3,(H2,37,38,43). The third kappa shape index (κ3) is 7.16. The van der Waals surface area contributed by atoms with Crippen LogP contribution in [-0.4, -0.2) is 61.8 Å². The lowest BCUT2D eigenvalue weighted by molar-refractivity contribution is 0.261. The minimum atomic E-state index is -3.63. The lowest BCUT2D eigenvalue weighted by Gasteiger charge is -2.32. The highest BCUT2D eigenvalue weighted by Crippen LogP contribution is 2.35. The van der Waals surface area contributed by atoms with E-state index in [1.54, 1.807) is 21.1 Å². The van der Waals surface area contributed by atoms with Crippen molar-refractivity contribution in [1.29, 1.82) is 0 Å². The number of anilines is 3. The molecule has 4 aromatic rings. The molecule has 10 nitrogen and oxygen atoms in total. The average Bonchev–Trinajstić information content (AvgIpc) is 3.47. The first-order chi connectivity index (χ1) is 22.4. The van der Waals surface area contributed by atoms with Gasteiger partial charge >= 0.3 is 6.03 Å². The molecule has 47 heavy (non-hydrogen) atoms. The molecule has 0 radical (unpaired) electrons. The first kappa shape index (κ1) is 32.6. The number of aromatic nitrogens is 2. The fourth-order valence-electron chi connectivity index (χ4n) is 6.12. The number of hydrogen-bond acceptors (Lipinski definition) is 6. The number of piperidine rings is 1. The van der Waals surface area contributed by atoms with E-state index in [9.17, 15) is 13.2 Å². The van der Waals surface area contributed by atoms with Crippen LogP contribution in [0.4, 0.5) is 22.0 Å². The van der Waals surface area contributed by atoms with Gasteiger partial charge in [-0.3, -0.25) is 5.32 Å². The minimum Gasteiger partial charge on any atom is -0.490 e. The Morgan fingerprint density at radius 1 is 0.957 bits per heavy atom. The van der Waals surface area contributed by atoms with Gasteiger partial charge in [-0.05, 0) is 68.0 Å². The molecular formula is C36H44N6O4S. The lowest BCUT2D eigenvalue weighted by atomic mass is 9.90. The third-order valence-corrected chi connectivity index (χ3v) is 10.9. The number of amides is 2. The zero-order valence-corrected chi connectivity index (χ0v) is 28.6. The average molecular weight is 657 g/mol. The highest BCUT2D eigenvalue weighted by molar-refractivity contribution is 7.89. The summed E-state index contributed by atoms with van der Waals surface area (Å²) in [5, 5.41) is 10.9. The zero-order valence-electron chi connectivity index (χ0n) is 27.8. The molecule has 2 N–H and O–H groups in total. The van der Waals surface area contributed by atoms with E-state index in [1.165, 1.54) is 0 Å². The van der Waals surface area contributed by atoms with Gasteiger partial charge in [0.05, 0.1) is 28.5 Å². The molecule has 0 spiro atoms. The summed E-state index contributed by atoms with van der Waals surface area (Å²) in [6.45, 7) is 10.5. The van der Waals surface area contributed by atoms with E-state index in [1.807, 2.05) is 74.6 Å². The Labute approximate surface area is 277 Å². The molecule has 3 aromatic carbocycles. The molecule has 1 fully saturated rings. The molecule has 3 heterocycles. The fourth-order valence-corrected chi connectivity index (χ4v) is 7.61. The van der Waals surface area contributed by atoms with Gasteiger partial charge in [0, 0.05) is 43.4 Å². The van der Waals surface area contributed by atoms with Gasteiger partial charge in [-0.2, -0.15) is 9.40 Å². The number of sulfonamides is 1. The molecule has 2 amide bonds. The van der Waals surface area contributed by atoms with Gasteiger partial charge in [0.1, 0.15) is 18.2 Å². The molecule has 6 rings (SSSR count). The molecule has 0 atom stereocenters. The highest BCUT2D eigenvalue weighted by Gasteiger charge is 2.31. The Kier molecular flexibility index (Phi) is 9.04. The van der Waals surface area contributed by atoms with Crippen LogP contribution < -0.4 is 20.3 Å². The van der Waals surface area contributed by atoms with Gasteiger partial charge < -0.3 is 15.0 Å². The van der Waals surface area contributed by atoms with Gasteiger partial charge in [0.25, 0.3) is 0 Å². The van der Waals surface area contributed by atoms with Crippen LogP contribution >= 0.6 is 0 Å². The highest BCUT2D eigenvalue weighted by atomic mass is 32.2. The lowest BCUT2D eigenvalue weighted by Crippen LogP contribution is -2.39. The van der Waals surface area contributed by atoms with Crippen molar-refractivity contribution in [2.24, 2.45) is 5.92 Å². The molecule has 2 aliphatic rings. The topological polar surface area (TPSA) is 109 Å². The van der Waals surface area contributed by atoms with E-state index < -0.39 is 10.0 Å². The summed E-state index contributed by atoms with van der Waals surface area (Å²) < 4.78 is 36.2.